The van der Waals surface area contributed by atoms with Crippen LogP contribution in [0.4, 0.5) is 11.6 Å². The van der Waals surface area contributed by atoms with Crippen molar-refractivity contribution in [1.29, 1.82) is 0 Å². The molecule has 1 saturated carbocycles. The van der Waals surface area contributed by atoms with Crippen molar-refractivity contribution in [3.05, 3.63) is 112 Å². The lowest BCUT2D eigenvalue weighted by Gasteiger charge is -2.15. The predicted octanol–water partition coefficient (Wildman–Crippen LogP) is 9.17. The van der Waals surface area contributed by atoms with Gasteiger partial charge in [0.2, 0.25) is 0 Å². The minimum atomic E-state index is 0. The maximum absolute atomic E-state index is 4.59. The van der Waals surface area contributed by atoms with Crippen LogP contribution in [-0.4, -0.2) is 34.9 Å². The van der Waals surface area contributed by atoms with E-state index in [2.05, 4.69) is 119 Å². The van der Waals surface area contributed by atoms with E-state index in [4.69, 9.17) is 0 Å². The molecule has 14 heteroatoms. The van der Waals surface area contributed by atoms with Crippen molar-refractivity contribution in [3.8, 4) is 5.69 Å². The second-order valence-electron chi connectivity index (χ2n) is 10.9. The summed E-state index contributed by atoms with van der Waals surface area (Å²) in [6.07, 6.45) is 7.58. The van der Waals surface area contributed by atoms with Gasteiger partial charge in [0.15, 0.2) is 0 Å². The largest absolute Gasteiger partial charge is 0.363 e. The lowest BCUT2D eigenvalue weighted by Crippen LogP contribution is -2.08. The van der Waals surface area contributed by atoms with Crippen LogP contribution in [0.25, 0.3) is 26.1 Å². The predicted molar refractivity (Wildman–Crippen MR) is 207 cm³/mol. The van der Waals surface area contributed by atoms with Gasteiger partial charge in [-0.2, -0.15) is 42.0 Å². The SMILES string of the molecule is C[C@H](Nc1ncnc2sccc12)c1ccc(-n2ncc(C3CC3)n2)cc1.C[C@H](Nc1ncnc2sccc12)c1ccc(Br)cc1.S.S. The Bertz CT molecular complexity index is 2040. The maximum Gasteiger partial charge on any atom is 0.138 e. The molecule has 1 fully saturated rings. The maximum atomic E-state index is 4.59. The number of rotatable bonds is 8. The van der Waals surface area contributed by atoms with Crippen molar-refractivity contribution in [2.75, 3.05) is 10.6 Å². The molecular weight excluding hydrogens is 731 g/mol. The number of hydrogen-bond donors (Lipinski definition) is 2. The smallest absolute Gasteiger partial charge is 0.138 e. The average molecular weight is 765 g/mol. The fourth-order valence-electron chi connectivity index (χ4n) is 5.00. The van der Waals surface area contributed by atoms with Crippen LogP contribution >= 0.6 is 65.6 Å². The summed E-state index contributed by atoms with van der Waals surface area (Å²) in [4.78, 5) is 21.0. The molecule has 8 rings (SSSR count). The summed E-state index contributed by atoms with van der Waals surface area (Å²) >= 11 is 6.70. The van der Waals surface area contributed by atoms with Crippen LogP contribution in [0, 0.1) is 0 Å². The standard InChI is InChI=1S/C19H18N6S.C14H12BrN3S.2H2S/c1-12(23-18-16-8-9-26-19(16)21-11-20-18)13-4-6-15(7-5-13)25-22-10-17(24-25)14-2-3-14;1-9(10-2-4-11(15)5-3-10)18-13-12-6-7-19-14(12)17-8-16-13;;/h4-12,14H,2-3H2,1H3,(H,20,21,23);2-9H,1H3,(H,16,17,18);2*1H2/t12-;9-;;/m00../s1. The highest BCUT2D eigenvalue weighted by Gasteiger charge is 2.26. The molecule has 2 N–H and O–H groups in total. The Morgan fingerprint density at radius 2 is 1.23 bits per heavy atom. The first-order valence-corrected chi connectivity index (χ1v) is 17.2. The highest BCUT2D eigenvalue weighted by atomic mass is 79.9. The van der Waals surface area contributed by atoms with Gasteiger partial charge in [0.25, 0.3) is 0 Å². The summed E-state index contributed by atoms with van der Waals surface area (Å²) in [5, 5.41) is 22.1. The third-order valence-electron chi connectivity index (χ3n) is 7.73. The van der Waals surface area contributed by atoms with Crippen LogP contribution in [0.2, 0.25) is 0 Å². The summed E-state index contributed by atoms with van der Waals surface area (Å²) < 4.78 is 1.09. The molecular formula is C33H34BrN9S4. The number of hydrogen-bond acceptors (Lipinski definition) is 10. The number of nitrogens with zero attached hydrogens (tertiary/aromatic N) is 7. The number of halogens is 1. The summed E-state index contributed by atoms with van der Waals surface area (Å²) in [6, 6.07) is 21.1. The molecule has 242 valence electrons. The number of anilines is 2. The van der Waals surface area contributed by atoms with Gasteiger partial charge in [-0.15, -0.1) is 22.7 Å². The molecule has 47 heavy (non-hydrogen) atoms. The van der Waals surface area contributed by atoms with E-state index >= 15 is 0 Å². The molecule has 2 aromatic carbocycles. The molecule has 5 aromatic heterocycles. The summed E-state index contributed by atoms with van der Waals surface area (Å²) in [7, 11) is 0. The van der Waals surface area contributed by atoms with Crippen LogP contribution in [-0.2, 0) is 0 Å². The molecule has 0 aliphatic heterocycles. The van der Waals surface area contributed by atoms with Gasteiger partial charge in [0, 0.05) is 22.5 Å². The van der Waals surface area contributed by atoms with Crippen molar-refractivity contribution in [3.63, 3.8) is 0 Å². The molecule has 0 radical (unpaired) electrons. The van der Waals surface area contributed by atoms with Crippen LogP contribution < -0.4 is 10.6 Å². The Hall–Kier alpha value is -3.56. The number of fused-ring (bicyclic) bond motifs is 2. The number of benzene rings is 2. The van der Waals surface area contributed by atoms with Crippen LogP contribution in [0.1, 0.15) is 61.5 Å². The first kappa shape index (κ1) is 34.8. The highest BCUT2D eigenvalue weighted by molar-refractivity contribution is 9.10. The summed E-state index contributed by atoms with van der Waals surface area (Å²) in [5.41, 5.74) is 4.50. The van der Waals surface area contributed by atoms with Gasteiger partial charge in [-0.05, 0) is 85.0 Å². The zero-order valence-electron chi connectivity index (χ0n) is 25.6. The third-order valence-corrected chi connectivity index (χ3v) is 9.90. The second-order valence-corrected chi connectivity index (χ2v) is 13.6. The average Bonchev–Trinajstić information content (AvgIpc) is 3.42. The van der Waals surface area contributed by atoms with Gasteiger partial charge in [-0.25, -0.2) is 19.9 Å². The Morgan fingerprint density at radius 1 is 0.723 bits per heavy atom. The molecule has 0 bridgehead atoms. The molecule has 0 unspecified atom stereocenters. The molecule has 1 aliphatic carbocycles. The van der Waals surface area contributed by atoms with E-state index in [9.17, 15) is 0 Å². The second kappa shape index (κ2) is 15.6. The Balaban J connectivity index is 0.000000185. The van der Waals surface area contributed by atoms with E-state index in [1.807, 2.05) is 29.1 Å². The van der Waals surface area contributed by atoms with Gasteiger partial charge in [-0.3, -0.25) is 0 Å². The number of thiophene rings is 2. The number of nitrogens with one attached hydrogen (secondary N) is 2. The lowest BCUT2D eigenvalue weighted by atomic mass is 10.1. The van der Waals surface area contributed by atoms with Crippen LogP contribution in [0.3, 0.4) is 0 Å². The molecule has 0 spiro atoms. The highest BCUT2D eigenvalue weighted by Crippen LogP contribution is 2.38. The summed E-state index contributed by atoms with van der Waals surface area (Å²) in [5.74, 6) is 2.38. The van der Waals surface area contributed by atoms with E-state index in [0.29, 0.717) is 5.92 Å². The molecule has 7 aromatic rings. The zero-order chi connectivity index (χ0) is 30.8. The fraction of sp³-hybridized carbons (Fsp3) is 0.212. The topological polar surface area (TPSA) is 106 Å². The Kier molecular flexibility index (Phi) is 11.5. The molecule has 9 nitrogen and oxygen atoms in total. The van der Waals surface area contributed by atoms with Crippen molar-refractivity contribution >= 4 is 97.7 Å². The van der Waals surface area contributed by atoms with Gasteiger partial charge >= 0.3 is 0 Å². The van der Waals surface area contributed by atoms with E-state index in [0.717, 1.165) is 47.9 Å². The first-order chi connectivity index (χ1) is 22.0. The molecule has 0 saturated heterocycles. The van der Waals surface area contributed by atoms with Crippen LogP contribution in [0.15, 0.2) is 94.7 Å². The molecule has 5 heterocycles. The molecule has 1 aliphatic rings. The van der Waals surface area contributed by atoms with Gasteiger partial charge < -0.3 is 10.6 Å². The zero-order valence-corrected chi connectivity index (χ0v) is 30.9. The van der Waals surface area contributed by atoms with Crippen molar-refractivity contribution in [2.45, 2.75) is 44.7 Å². The monoisotopic (exact) mass is 763 g/mol. The minimum Gasteiger partial charge on any atom is -0.363 e. The van der Waals surface area contributed by atoms with E-state index in [1.165, 1.54) is 24.0 Å². The Morgan fingerprint density at radius 3 is 1.74 bits per heavy atom. The van der Waals surface area contributed by atoms with Gasteiger partial charge in [0.1, 0.15) is 34.0 Å². The summed E-state index contributed by atoms with van der Waals surface area (Å²) in [6.45, 7) is 4.26. The lowest BCUT2D eigenvalue weighted by molar-refractivity contribution is 0.737. The van der Waals surface area contributed by atoms with Gasteiger partial charge in [-0.1, -0.05) is 40.2 Å². The quantitative estimate of drug-likeness (QED) is 0.158. The van der Waals surface area contributed by atoms with E-state index in [1.54, 1.807) is 40.1 Å². The van der Waals surface area contributed by atoms with Crippen molar-refractivity contribution in [2.24, 2.45) is 0 Å². The van der Waals surface area contributed by atoms with E-state index in [-0.39, 0.29) is 39.1 Å². The molecule has 2 atom stereocenters. The van der Waals surface area contributed by atoms with Crippen LogP contribution in [0.5, 0.6) is 0 Å². The fourth-order valence-corrected chi connectivity index (χ4v) is 6.73. The van der Waals surface area contributed by atoms with E-state index < -0.39 is 0 Å². The van der Waals surface area contributed by atoms with Gasteiger partial charge in [0.05, 0.1) is 28.4 Å². The van der Waals surface area contributed by atoms with Crippen molar-refractivity contribution in [1.82, 2.24) is 34.9 Å². The third kappa shape index (κ3) is 8.12. The Labute approximate surface area is 303 Å². The normalized spacial score (nSPS) is 13.5. The minimum absolute atomic E-state index is 0. The van der Waals surface area contributed by atoms with Crippen molar-refractivity contribution < 1.29 is 0 Å². The number of aromatic nitrogens is 7. The first-order valence-electron chi connectivity index (χ1n) is 14.7. The molecule has 0 amide bonds.